The average Bonchev–Trinajstić information content (AvgIpc) is 2.93. The number of aromatic nitrogens is 5. The van der Waals surface area contributed by atoms with Crippen LogP contribution < -0.4 is 14.9 Å². The summed E-state index contributed by atoms with van der Waals surface area (Å²) in [6.07, 6.45) is -10.6. The van der Waals surface area contributed by atoms with E-state index in [1.807, 2.05) is 5.32 Å². The zero-order valence-electron chi connectivity index (χ0n) is 42.0. The molecule has 0 saturated heterocycles. The molecule has 0 bridgehead atoms. The number of pyridine rings is 1. The van der Waals surface area contributed by atoms with Crippen molar-refractivity contribution in [1.82, 2.24) is 35.2 Å². The summed E-state index contributed by atoms with van der Waals surface area (Å²) in [7, 11) is -9.21. The van der Waals surface area contributed by atoms with Gasteiger partial charge in [0.2, 0.25) is 15.9 Å². The van der Waals surface area contributed by atoms with Gasteiger partial charge >= 0.3 is 42.3 Å². The van der Waals surface area contributed by atoms with Gasteiger partial charge in [0.05, 0.1) is 40.0 Å². The first-order valence-electron chi connectivity index (χ1n) is 23.1. The van der Waals surface area contributed by atoms with E-state index in [-0.39, 0.29) is 25.7 Å². The fraction of sp³-hybridized carbons (Fsp3) is 0.383. The van der Waals surface area contributed by atoms with Gasteiger partial charge in [-0.15, -0.1) is 0 Å². The molecule has 3 atom stereocenters. The van der Waals surface area contributed by atoms with Crippen LogP contribution in [-0.4, -0.2) is 130 Å². The summed E-state index contributed by atoms with van der Waals surface area (Å²) in [6.45, 7) is -3.82. The number of hydrogen-bond donors (Lipinski definition) is 4. The number of sulfone groups is 1. The largest absolute Gasteiger partial charge is 0.473 e. The molecule has 0 aliphatic heterocycles. The van der Waals surface area contributed by atoms with Crippen molar-refractivity contribution in [1.29, 1.82) is 0 Å². The minimum absolute atomic E-state index is 0.0705. The molecular weight excluding hydrogens is 1190 g/mol. The minimum Gasteiger partial charge on any atom is -0.473 e. The van der Waals surface area contributed by atoms with E-state index in [1.165, 1.54) is 13.8 Å². The second-order valence-electron chi connectivity index (χ2n) is 19.0. The topological polar surface area (TPSA) is 305 Å². The van der Waals surface area contributed by atoms with Gasteiger partial charge in [0.25, 0.3) is 5.92 Å². The number of esters is 2. The van der Waals surface area contributed by atoms with E-state index in [0.717, 1.165) is 42.7 Å². The van der Waals surface area contributed by atoms with Gasteiger partial charge in [-0.2, -0.15) is 49.6 Å². The highest BCUT2D eigenvalue weighted by atomic mass is 35.5. The Hall–Kier alpha value is -8.06. The summed E-state index contributed by atoms with van der Waals surface area (Å²) in [6, 6.07) is -0.0862. The van der Waals surface area contributed by atoms with Crippen molar-refractivity contribution < 1.29 is 109 Å². The lowest BCUT2D eigenvalue weighted by molar-refractivity contribution is -0.166. The lowest BCUT2D eigenvalue weighted by Crippen LogP contribution is -2.51. The van der Waals surface area contributed by atoms with E-state index in [9.17, 15) is 80.7 Å². The van der Waals surface area contributed by atoms with Crippen LogP contribution in [0.3, 0.4) is 0 Å². The number of amides is 3. The average molecular weight is 1230 g/mol. The minimum atomic E-state index is -5.32. The van der Waals surface area contributed by atoms with Crippen LogP contribution in [0.4, 0.5) is 54.5 Å². The number of carboxylic acid groups (broad SMARTS) is 2. The number of hydrogen-bond acceptors (Lipinski definition) is 15. The molecule has 82 heavy (non-hydrogen) atoms. The van der Waals surface area contributed by atoms with E-state index in [4.69, 9.17) is 21.8 Å². The summed E-state index contributed by atoms with van der Waals surface area (Å²) in [5, 5.41) is 27.7. The van der Waals surface area contributed by atoms with E-state index < -0.39 is 208 Å². The molecule has 440 valence electrons. The molecule has 1 fully saturated rings. The standard InChI is InChI=1S/C47H39ClF10N8O14S2/c1-44(2,81(3,75)76)10-9-23-5-6-25(34(59-23)30(13-20-11-21(49)14-22(50)12-20)61-31(67)16-64-37-32(36(62-64)47(56,57)58)27-15-28(27)46(37,54)55)26-7-8-29(48)33-35(26)65(19-45(51,52)53)63-38(33)66(82(4,77)78)43(74)60-24(17-79-41(72)39(68)69)18-80-42(73)40(70)71/h5-8,11-12,14,24,27-28,30H,13,15-19H2,1-4H3,(H,60,74)(H,61,67)(H,68,69)(H,70,71)/t27-,28+,30-/m0/s1. The molecule has 3 heterocycles. The first kappa shape index (κ1) is 61.6. The van der Waals surface area contributed by atoms with Crippen LogP contribution in [0.5, 0.6) is 0 Å². The first-order chi connectivity index (χ1) is 37.7. The summed E-state index contributed by atoms with van der Waals surface area (Å²) in [5.74, 6) is -15.3. The molecule has 2 aromatic carbocycles. The molecule has 35 heteroatoms. The number of alkyl halides is 8. The van der Waals surface area contributed by atoms with Gasteiger partial charge in [-0.05, 0) is 74.4 Å². The molecule has 0 unspecified atom stereocenters. The highest BCUT2D eigenvalue weighted by Gasteiger charge is 2.68. The number of ether oxygens (including phenoxy) is 2. The van der Waals surface area contributed by atoms with Crippen LogP contribution in [0.1, 0.15) is 66.1 Å². The quantitative estimate of drug-likeness (QED) is 0.0416. The molecule has 2 aliphatic rings. The smallest absolute Gasteiger partial charge is 0.435 e. The predicted octanol–water partition coefficient (Wildman–Crippen LogP) is 5.39. The van der Waals surface area contributed by atoms with Gasteiger partial charge in [-0.25, -0.2) is 54.6 Å². The van der Waals surface area contributed by atoms with Gasteiger partial charge in [-0.3, -0.25) is 14.2 Å². The summed E-state index contributed by atoms with van der Waals surface area (Å²) in [5.41, 5.74) is -6.98. The molecule has 3 aromatic heterocycles. The number of nitrogens with zero attached hydrogens (tertiary/aromatic N) is 6. The van der Waals surface area contributed by atoms with Crippen molar-refractivity contribution in [3.8, 4) is 23.0 Å². The maximum Gasteiger partial charge on any atom is 0.435 e. The van der Waals surface area contributed by atoms with E-state index in [1.54, 1.807) is 0 Å². The number of halogens is 11. The zero-order valence-corrected chi connectivity index (χ0v) is 44.4. The van der Waals surface area contributed by atoms with Crippen molar-refractivity contribution in [2.45, 2.75) is 80.8 Å². The third-order valence-corrected chi connectivity index (χ3v) is 15.8. The number of carbonyl (C=O) groups is 6. The SMILES string of the molecule is CC(C)(C#Cc1ccc(-c2ccc(Cl)c3c(N(C(=O)NC(COC(=O)C(=O)O)COC(=O)C(=O)O)S(C)(=O)=O)nn(CC(F)(F)F)c23)c([C@H](Cc2cc(F)cc(F)c2)NC(=O)Cn2nc(C(F)(F)F)c3c2C(F)(F)[C@@H]2C[C@H]32)n1)S(C)(=O)=O. The number of rotatable bonds is 16. The zero-order chi connectivity index (χ0) is 61.1. The van der Waals surface area contributed by atoms with Crippen molar-refractivity contribution in [2.75, 3.05) is 30.0 Å². The Bertz CT molecular complexity index is 3750. The lowest BCUT2D eigenvalue weighted by atomic mass is 9.93. The fourth-order valence-electron chi connectivity index (χ4n) is 8.64. The van der Waals surface area contributed by atoms with E-state index in [0.29, 0.717) is 12.3 Å². The summed E-state index contributed by atoms with van der Waals surface area (Å²) < 4.78 is 208. The van der Waals surface area contributed by atoms with Crippen LogP contribution >= 0.6 is 11.6 Å². The normalized spacial score (nSPS) is 16.1. The second kappa shape index (κ2) is 22.0. The predicted molar refractivity (Wildman–Crippen MR) is 260 cm³/mol. The van der Waals surface area contributed by atoms with Gasteiger partial charge in [0, 0.05) is 34.9 Å². The van der Waals surface area contributed by atoms with Crippen LogP contribution in [0.25, 0.3) is 22.0 Å². The highest BCUT2D eigenvalue weighted by Crippen LogP contribution is 2.68. The van der Waals surface area contributed by atoms with Gasteiger partial charge in [0.1, 0.15) is 54.1 Å². The number of benzene rings is 2. The fourth-order valence-corrected chi connectivity index (χ4v) is 9.91. The molecule has 0 radical (unpaired) electrons. The third kappa shape index (κ3) is 13.1. The highest BCUT2D eigenvalue weighted by molar-refractivity contribution is 7.93. The molecule has 0 spiro atoms. The second-order valence-corrected chi connectivity index (χ2v) is 23.8. The molecule has 5 aromatic rings. The number of urea groups is 1. The molecule has 22 nitrogen and oxygen atoms in total. The molecular formula is C47H39ClF10N8O14S2. The number of fused-ring (bicyclic) bond motifs is 4. The Kier molecular flexibility index (Phi) is 16.5. The van der Waals surface area contributed by atoms with Crippen molar-refractivity contribution in [3.63, 3.8) is 0 Å². The van der Waals surface area contributed by atoms with Crippen LogP contribution in [-0.2, 0) is 84.9 Å². The van der Waals surface area contributed by atoms with Crippen LogP contribution in [0.2, 0.25) is 5.02 Å². The summed E-state index contributed by atoms with van der Waals surface area (Å²) in [4.78, 5) is 78.6. The maximum absolute atomic E-state index is 15.7. The summed E-state index contributed by atoms with van der Waals surface area (Å²) >= 11 is 6.62. The van der Waals surface area contributed by atoms with Crippen LogP contribution in [0, 0.1) is 29.4 Å². The number of carbonyl (C=O) groups excluding carboxylic acids is 4. The Morgan fingerprint density at radius 1 is 0.866 bits per heavy atom. The maximum atomic E-state index is 15.7. The molecule has 1 saturated carbocycles. The monoisotopic (exact) mass is 1230 g/mol. The number of sulfonamides is 1. The molecule has 2 aliphatic carbocycles. The van der Waals surface area contributed by atoms with E-state index in [2.05, 4.69) is 41.8 Å². The lowest BCUT2D eigenvalue weighted by Gasteiger charge is -2.24. The Labute approximate surface area is 459 Å². The molecule has 4 N–H and O–H groups in total. The number of carboxylic acids is 2. The van der Waals surface area contributed by atoms with Crippen molar-refractivity contribution >= 4 is 84.0 Å². The van der Waals surface area contributed by atoms with Crippen molar-refractivity contribution in [3.05, 3.63) is 93.0 Å². The molecule has 7 rings (SSSR count). The van der Waals surface area contributed by atoms with Gasteiger partial charge in [-0.1, -0.05) is 23.6 Å². The van der Waals surface area contributed by atoms with Gasteiger partial charge in [0.15, 0.2) is 21.3 Å². The van der Waals surface area contributed by atoms with Gasteiger partial charge < -0.3 is 30.3 Å². The Morgan fingerprint density at radius 2 is 1.45 bits per heavy atom. The Morgan fingerprint density at radius 3 is 1.99 bits per heavy atom. The van der Waals surface area contributed by atoms with Crippen LogP contribution in [0.15, 0.2) is 42.5 Å². The van der Waals surface area contributed by atoms with Crippen molar-refractivity contribution in [2.24, 2.45) is 5.92 Å². The Balaban J connectivity index is 1.46. The molecule has 3 amide bonds. The number of nitrogens with one attached hydrogen (secondary N) is 2. The number of anilines is 1. The first-order valence-corrected chi connectivity index (χ1v) is 27.2. The third-order valence-electron chi connectivity index (χ3n) is 12.5. The number of aliphatic carboxylic acids is 2. The van der Waals surface area contributed by atoms with E-state index >= 15 is 8.78 Å².